The second-order valence-corrected chi connectivity index (χ2v) is 8.32. The van der Waals surface area contributed by atoms with Crippen molar-refractivity contribution in [1.29, 1.82) is 0 Å². The molecule has 1 aliphatic rings. The van der Waals surface area contributed by atoms with Crippen molar-refractivity contribution in [3.8, 4) is 11.3 Å². The molecule has 0 aliphatic heterocycles. The summed E-state index contributed by atoms with van der Waals surface area (Å²) in [6.45, 7) is 0.923. The predicted molar refractivity (Wildman–Crippen MR) is 121 cm³/mol. The monoisotopic (exact) mass is 423 g/mol. The maximum Gasteiger partial charge on any atom is 0.319 e. The van der Waals surface area contributed by atoms with Crippen molar-refractivity contribution in [2.24, 2.45) is 5.92 Å². The lowest BCUT2D eigenvalue weighted by Gasteiger charge is -2.29. The first-order chi connectivity index (χ1) is 14.6. The largest absolute Gasteiger partial charge is 0.399 e. The molecule has 0 radical (unpaired) electrons. The molecule has 1 saturated carbocycles. The van der Waals surface area contributed by atoms with Gasteiger partial charge in [-0.05, 0) is 68.0 Å². The van der Waals surface area contributed by atoms with Crippen molar-refractivity contribution in [2.45, 2.75) is 38.3 Å². The zero-order valence-electron chi connectivity index (χ0n) is 16.7. The molecule has 0 atom stereocenters. The number of rotatable bonds is 5. The van der Waals surface area contributed by atoms with E-state index in [2.05, 4.69) is 26.3 Å². The van der Waals surface area contributed by atoms with Crippen LogP contribution in [0.3, 0.4) is 0 Å². The van der Waals surface area contributed by atoms with Crippen molar-refractivity contribution in [1.82, 2.24) is 14.9 Å². The fraction of sp³-hybridized carbons (Fsp3) is 0.304. The summed E-state index contributed by atoms with van der Waals surface area (Å²) in [5.74, 6) is 0.565. The standard InChI is InChI=1S/C23H26ClN5O/c24-18-3-1-2-17(12-18)22-13-26-15-29(22)14-16-4-8-20(9-5-16)27-23(30)28-21-10-6-19(25)7-11-21/h1-3,6-7,10-13,15-16,20H,4-5,8-9,14,25H2,(H2,27,28,30). The molecule has 4 rings (SSSR count). The fourth-order valence-corrected chi connectivity index (χ4v) is 4.23. The number of aromatic nitrogens is 2. The van der Waals surface area contributed by atoms with Gasteiger partial charge in [0.2, 0.25) is 0 Å². The normalized spacial score (nSPS) is 18.7. The molecular weight excluding hydrogens is 398 g/mol. The minimum absolute atomic E-state index is 0.166. The van der Waals surface area contributed by atoms with E-state index in [0.717, 1.165) is 54.2 Å². The molecule has 1 heterocycles. The van der Waals surface area contributed by atoms with E-state index in [4.69, 9.17) is 17.3 Å². The average molecular weight is 424 g/mol. The number of carbonyl (C=O) groups excluding carboxylic acids is 1. The number of nitrogens with zero attached hydrogens (tertiary/aromatic N) is 2. The summed E-state index contributed by atoms with van der Waals surface area (Å²) in [6.07, 6.45) is 7.86. The van der Waals surface area contributed by atoms with Crippen LogP contribution in [0.5, 0.6) is 0 Å². The number of amides is 2. The Bertz CT molecular complexity index is 993. The number of nitrogens with two attached hydrogens (primary N) is 1. The fourth-order valence-electron chi connectivity index (χ4n) is 4.04. The van der Waals surface area contributed by atoms with E-state index in [-0.39, 0.29) is 12.1 Å². The van der Waals surface area contributed by atoms with E-state index in [1.807, 2.05) is 30.7 Å². The molecule has 0 saturated heterocycles. The molecule has 0 spiro atoms. The molecule has 2 aromatic carbocycles. The molecule has 1 aliphatic carbocycles. The third-order valence-corrected chi connectivity index (χ3v) is 5.87. The van der Waals surface area contributed by atoms with Crippen LogP contribution in [0.2, 0.25) is 5.02 Å². The molecule has 2 amide bonds. The van der Waals surface area contributed by atoms with Crippen LogP contribution < -0.4 is 16.4 Å². The Labute approximate surface area is 181 Å². The molecule has 3 aromatic rings. The van der Waals surface area contributed by atoms with Crippen LogP contribution in [0, 0.1) is 5.92 Å². The Balaban J connectivity index is 1.28. The van der Waals surface area contributed by atoms with Gasteiger partial charge in [0.1, 0.15) is 0 Å². The van der Waals surface area contributed by atoms with Gasteiger partial charge in [0.25, 0.3) is 0 Å². The minimum atomic E-state index is -0.166. The van der Waals surface area contributed by atoms with E-state index in [1.54, 1.807) is 24.3 Å². The van der Waals surface area contributed by atoms with Gasteiger partial charge < -0.3 is 20.9 Å². The highest BCUT2D eigenvalue weighted by Gasteiger charge is 2.23. The number of benzene rings is 2. The van der Waals surface area contributed by atoms with E-state index >= 15 is 0 Å². The summed E-state index contributed by atoms with van der Waals surface area (Å²) in [5.41, 5.74) is 9.26. The lowest BCUT2D eigenvalue weighted by Crippen LogP contribution is -2.40. The highest BCUT2D eigenvalue weighted by atomic mass is 35.5. The van der Waals surface area contributed by atoms with Crippen molar-refractivity contribution in [3.05, 3.63) is 66.1 Å². The number of nitrogens with one attached hydrogen (secondary N) is 2. The summed E-state index contributed by atoms with van der Waals surface area (Å²) in [7, 11) is 0. The van der Waals surface area contributed by atoms with Gasteiger partial charge in [-0.2, -0.15) is 0 Å². The molecule has 1 fully saturated rings. The van der Waals surface area contributed by atoms with Crippen LogP contribution in [0.4, 0.5) is 16.2 Å². The molecule has 0 unspecified atom stereocenters. The lowest BCUT2D eigenvalue weighted by atomic mass is 9.86. The first kappa shape index (κ1) is 20.3. The van der Waals surface area contributed by atoms with Crippen molar-refractivity contribution in [2.75, 3.05) is 11.1 Å². The number of nitrogen functional groups attached to an aromatic ring is 1. The number of hydrogen-bond acceptors (Lipinski definition) is 3. The van der Waals surface area contributed by atoms with Gasteiger partial charge >= 0.3 is 6.03 Å². The summed E-state index contributed by atoms with van der Waals surface area (Å²) in [4.78, 5) is 16.6. The smallest absolute Gasteiger partial charge is 0.319 e. The van der Waals surface area contributed by atoms with E-state index < -0.39 is 0 Å². The lowest BCUT2D eigenvalue weighted by molar-refractivity contribution is 0.234. The number of halogens is 1. The minimum Gasteiger partial charge on any atom is -0.399 e. The highest BCUT2D eigenvalue weighted by Crippen LogP contribution is 2.29. The summed E-state index contributed by atoms with van der Waals surface area (Å²) in [6, 6.07) is 15.0. The average Bonchev–Trinajstić information content (AvgIpc) is 3.19. The van der Waals surface area contributed by atoms with Gasteiger partial charge in [-0.25, -0.2) is 9.78 Å². The molecule has 7 heteroatoms. The molecule has 4 N–H and O–H groups in total. The number of carbonyl (C=O) groups is 1. The Morgan fingerprint density at radius 2 is 1.90 bits per heavy atom. The quantitative estimate of drug-likeness (QED) is 0.495. The second-order valence-electron chi connectivity index (χ2n) is 7.88. The Morgan fingerprint density at radius 3 is 2.63 bits per heavy atom. The maximum absolute atomic E-state index is 12.3. The molecular formula is C23H26ClN5O. The molecule has 156 valence electrons. The van der Waals surface area contributed by atoms with Gasteiger partial charge in [-0.15, -0.1) is 0 Å². The van der Waals surface area contributed by atoms with Gasteiger partial charge in [0, 0.05) is 34.5 Å². The van der Waals surface area contributed by atoms with Crippen LogP contribution >= 0.6 is 11.6 Å². The molecule has 30 heavy (non-hydrogen) atoms. The zero-order chi connectivity index (χ0) is 20.9. The van der Waals surface area contributed by atoms with Crippen LogP contribution in [0.25, 0.3) is 11.3 Å². The van der Waals surface area contributed by atoms with Crippen molar-refractivity contribution >= 4 is 29.0 Å². The van der Waals surface area contributed by atoms with E-state index in [0.29, 0.717) is 11.6 Å². The third-order valence-electron chi connectivity index (χ3n) is 5.64. The second kappa shape index (κ2) is 9.22. The summed E-state index contributed by atoms with van der Waals surface area (Å²) < 4.78 is 2.21. The Kier molecular flexibility index (Phi) is 6.23. The number of hydrogen-bond donors (Lipinski definition) is 3. The van der Waals surface area contributed by atoms with Gasteiger partial charge in [0.15, 0.2) is 0 Å². The maximum atomic E-state index is 12.3. The third kappa shape index (κ3) is 5.13. The van der Waals surface area contributed by atoms with E-state index in [1.165, 1.54) is 0 Å². The zero-order valence-corrected chi connectivity index (χ0v) is 17.5. The van der Waals surface area contributed by atoms with Gasteiger partial charge in [-0.1, -0.05) is 23.7 Å². The van der Waals surface area contributed by atoms with Crippen LogP contribution in [0.1, 0.15) is 25.7 Å². The molecule has 1 aromatic heterocycles. The van der Waals surface area contributed by atoms with Crippen LogP contribution in [-0.4, -0.2) is 21.6 Å². The van der Waals surface area contributed by atoms with Crippen LogP contribution in [0.15, 0.2) is 61.1 Å². The first-order valence-corrected chi connectivity index (χ1v) is 10.6. The predicted octanol–water partition coefficient (Wildman–Crippen LogP) is 5.17. The SMILES string of the molecule is Nc1ccc(NC(=O)NC2CCC(Cn3cncc3-c3cccc(Cl)c3)CC2)cc1. The van der Waals surface area contributed by atoms with Crippen molar-refractivity contribution < 1.29 is 4.79 Å². The first-order valence-electron chi connectivity index (χ1n) is 10.3. The molecule has 6 nitrogen and oxygen atoms in total. The number of anilines is 2. The van der Waals surface area contributed by atoms with Crippen LogP contribution in [-0.2, 0) is 6.54 Å². The molecule has 0 bridgehead atoms. The van der Waals surface area contributed by atoms with Gasteiger partial charge in [0.05, 0.1) is 18.2 Å². The summed E-state index contributed by atoms with van der Waals surface area (Å²) in [5, 5.41) is 6.68. The van der Waals surface area contributed by atoms with Crippen molar-refractivity contribution in [3.63, 3.8) is 0 Å². The summed E-state index contributed by atoms with van der Waals surface area (Å²) >= 11 is 6.15. The van der Waals surface area contributed by atoms with Gasteiger partial charge in [-0.3, -0.25) is 0 Å². The number of urea groups is 1. The Hall–Kier alpha value is -2.99. The Morgan fingerprint density at radius 1 is 1.13 bits per heavy atom. The topological polar surface area (TPSA) is 85.0 Å². The number of imidazole rings is 1. The van der Waals surface area contributed by atoms with E-state index in [9.17, 15) is 4.79 Å². The highest BCUT2D eigenvalue weighted by molar-refractivity contribution is 6.30.